The molecular weight excluding hydrogens is 356 g/mol. The summed E-state index contributed by atoms with van der Waals surface area (Å²) in [5, 5.41) is 9.65. The molecule has 2 N–H and O–H groups in total. The monoisotopic (exact) mass is 375 g/mol. The van der Waals surface area contributed by atoms with Crippen LogP contribution in [0.4, 0.5) is 0 Å². The van der Waals surface area contributed by atoms with Gasteiger partial charge < -0.3 is 9.52 Å². The van der Waals surface area contributed by atoms with E-state index in [1.54, 1.807) is 6.92 Å². The van der Waals surface area contributed by atoms with E-state index in [0.717, 1.165) is 24.6 Å². The maximum Gasteiger partial charge on any atom is 0.298 e. The van der Waals surface area contributed by atoms with Gasteiger partial charge in [-0.25, -0.2) is 9.55 Å². The first-order valence-corrected chi connectivity index (χ1v) is 9.51. The minimum Gasteiger partial charge on any atom is -0.506 e. The molecule has 0 aliphatic carbocycles. The highest BCUT2D eigenvalue weighted by molar-refractivity contribution is 7.86. The minimum atomic E-state index is -4.55. The van der Waals surface area contributed by atoms with Crippen LogP contribution >= 0.6 is 0 Å². The predicted molar refractivity (Wildman–Crippen MR) is 94.1 cm³/mol. The third kappa shape index (κ3) is 3.61. The van der Waals surface area contributed by atoms with Crippen LogP contribution in [0.1, 0.15) is 19.0 Å². The van der Waals surface area contributed by atoms with Gasteiger partial charge in [-0.15, -0.1) is 0 Å². The van der Waals surface area contributed by atoms with Crippen molar-refractivity contribution in [3.05, 3.63) is 48.4 Å². The molecule has 7 nitrogen and oxygen atoms in total. The van der Waals surface area contributed by atoms with Gasteiger partial charge in [-0.05, 0) is 25.1 Å². The van der Waals surface area contributed by atoms with Crippen molar-refractivity contribution in [1.29, 1.82) is 0 Å². The van der Waals surface area contributed by atoms with Gasteiger partial charge in [0.2, 0.25) is 5.89 Å². The highest BCUT2D eigenvalue weighted by atomic mass is 32.2. The van der Waals surface area contributed by atoms with E-state index in [1.165, 1.54) is 12.1 Å². The highest BCUT2D eigenvalue weighted by Gasteiger charge is 2.20. The Balaban J connectivity index is 2.01. The van der Waals surface area contributed by atoms with Gasteiger partial charge in [0, 0.05) is 29.7 Å². The second-order valence-electron chi connectivity index (χ2n) is 5.92. The topological polar surface area (TPSA) is 105 Å². The quantitative estimate of drug-likeness (QED) is 0.525. The molecule has 0 aliphatic rings. The zero-order valence-electron chi connectivity index (χ0n) is 14.4. The van der Waals surface area contributed by atoms with Gasteiger partial charge in [0.1, 0.15) is 17.2 Å². The van der Waals surface area contributed by atoms with Crippen LogP contribution in [-0.2, 0) is 16.7 Å². The molecule has 0 amide bonds. The first-order chi connectivity index (χ1) is 12.3. The maximum atomic E-state index is 11.4. The molecule has 0 unspecified atom stereocenters. The van der Waals surface area contributed by atoms with E-state index in [1.807, 2.05) is 24.5 Å². The SMILES string of the molecule is CCC[n+]1ccc(-c2nc(C)c(-c3ccc(O)c(S(=O)(=O)O)c3)o2)cc1. The number of phenolic OH excluding ortho intramolecular Hbond substituents is 1. The molecule has 8 heteroatoms. The Labute approximate surface area is 151 Å². The number of hydrogen-bond acceptors (Lipinski definition) is 5. The van der Waals surface area contributed by atoms with Crippen molar-refractivity contribution < 1.29 is 27.1 Å². The van der Waals surface area contributed by atoms with Gasteiger partial charge in [0.15, 0.2) is 18.2 Å². The van der Waals surface area contributed by atoms with Gasteiger partial charge in [0.05, 0.1) is 5.69 Å². The normalized spacial score (nSPS) is 11.7. The second kappa shape index (κ2) is 6.89. The second-order valence-corrected chi connectivity index (χ2v) is 7.31. The van der Waals surface area contributed by atoms with E-state index in [4.69, 9.17) is 4.42 Å². The molecule has 2 aromatic heterocycles. The van der Waals surface area contributed by atoms with Crippen molar-refractivity contribution >= 4 is 10.1 Å². The molecule has 3 aromatic rings. The minimum absolute atomic E-state index is 0.371. The number of hydrogen-bond donors (Lipinski definition) is 2. The Bertz CT molecular complexity index is 1040. The fourth-order valence-electron chi connectivity index (χ4n) is 2.66. The Kier molecular flexibility index (Phi) is 4.80. The first-order valence-electron chi connectivity index (χ1n) is 8.07. The van der Waals surface area contributed by atoms with Crippen LogP contribution in [0.3, 0.4) is 0 Å². The molecule has 0 aliphatic heterocycles. The number of aromatic nitrogens is 2. The van der Waals surface area contributed by atoms with E-state index < -0.39 is 20.8 Å². The summed E-state index contributed by atoms with van der Waals surface area (Å²) < 4.78 is 39.9. The van der Waals surface area contributed by atoms with Crippen molar-refractivity contribution in [3.63, 3.8) is 0 Å². The van der Waals surface area contributed by atoms with E-state index in [-0.39, 0.29) is 0 Å². The highest BCUT2D eigenvalue weighted by Crippen LogP contribution is 2.33. The molecule has 3 rings (SSSR count). The summed E-state index contributed by atoms with van der Waals surface area (Å²) in [5.74, 6) is 0.245. The summed E-state index contributed by atoms with van der Waals surface area (Å²) in [6.07, 6.45) is 4.91. The van der Waals surface area contributed by atoms with Crippen LogP contribution in [0, 0.1) is 6.92 Å². The third-order valence-electron chi connectivity index (χ3n) is 3.92. The number of oxazole rings is 1. The molecule has 0 saturated heterocycles. The van der Waals surface area contributed by atoms with Crippen LogP contribution in [-0.4, -0.2) is 23.1 Å². The van der Waals surface area contributed by atoms with Crippen molar-refractivity contribution in [2.45, 2.75) is 31.7 Å². The zero-order chi connectivity index (χ0) is 18.9. The fourth-order valence-corrected chi connectivity index (χ4v) is 3.27. The molecule has 0 radical (unpaired) electrons. The molecule has 0 saturated carbocycles. The summed E-state index contributed by atoms with van der Waals surface area (Å²) in [5.41, 5.74) is 1.75. The lowest BCUT2D eigenvalue weighted by Gasteiger charge is -2.04. The zero-order valence-corrected chi connectivity index (χ0v) is 15.2. The number of rotatable bonds is 5. The van der Waals surface area contributed by atoms with E-state index in [2.05, 4.69) is 16.5 Å². The molecule has 2 heterocycles. The average molecular weight is 375 g/mol. The Morgan fingerprint density at radius 1 is 1.15 bits per heavy atom. The van der Waals surface area contributed by atoms with E-state index in [0.29, 0.717) is 22.9 Å². The summed E-state index contributed by atoms with van der Waals surface area (Å²) >= 11 is 0. The van der Waals surface area contributed by atoms with Gasteiger partial charge in [-0.3, -0.25) is 4.55 Å². The van der Waals surface area contributed by atoms with Crippen LogP contribution < -0.4 is 4.57 Å². The molecule has 26 heavy (non-hydrogen) atoms. The molecular formula is C18H19N2O5S+. The lowest BCUT2D eigenvalue weighted by atomic mass is 10.1. The number of pyridine rings is 1. The van der Waals surface area contributed by atoms with Gasteiger partial charge >= 0.3 is 0 Å². The third-order valence-corrected chi connectivity index (χ3v) is 4.80. The van der Waals surface area contributed by atoms with Crippen LogP contribution in [0.2, 0.25) is 0 Å². The van der Waals surface area contributed by atoms with Crippen LogP contribution in [0.15, 0.2) is 52.0 Å². The van der Waals surface area contributed by atoms with Crippen LogP contribution in [0.25, 0.3) is 22.8 Å². The number of benzene rings is 1. The lowest BCUT2D eigenvalue weighted by Crippen LogP contribution is -2.31. The fraction of sp³-hybridized carbons (Fsp3) is 0.222. The Hall–Kier alpha value is -2.71. The number of phenols is 1. The molecule has 1 aromatic carbocycles. The summed E-state index contributed by atoms with van der Waals surface area (Å²) in [7, 11) is -4.55. The summed E-state index contributed by atoms with van der Waals surface area (Å²) in [6, 6.07) is 7.64. The van der Waals surface area contributed by atoms with Gasteiger partial charge in [-0.2, -0.15) is 8.42 Å². The Morgan fingerprint density at radius 2 is 1.85 bits per heavy atom. The molecule has 0 spiro atoms. The van der Waals surface area contributed by atoms with Crippen molar-refractivity contribution in [1.82, 2.24) is 4.98 Å². The van der Waals surface area contributed by atoms with Gasteiger partial charge in [-0.1, -0.05) is 6.92 Å². The van der Waals surface area contributed by atoms with E-state index in [9.17, 15) is 18.1 Å². The smallest absolute Gasteiger partial charge is 0.298 e. The van der Waals surface area contributed by atoms with Crippen molar-refractivity contribution in [2.75, 3.05) is 0 Å². The molecule has 0 bridgehead atoms. The Morgan fingerprint density at radius 3 is 2.46 bits per heavy atom. The molecule has 0 fully saturated rings. The number of aromatic hydroxyl groups is 1. The van der Waals surface area contributed by atoms with Crippen molar-refractivity contribution in [3.8, 4) is 28.5 Å². The number of nitrogens with zero attached hydrogens (tertiary/aromatic N) is 2. The largest absolute Gasteiger partial charge is 0.506 e. The predicted octanol–water partition coefficient (Wildman–Crippen LogP) is 2.97. The van der Waals surface area contributed by atoms with Crippen molar-refractivity contribution in [2.24, 2.45) is 0 Å². The molecule has 0 atom stereocenters. The average Bonchev–Trinajstić information content (AvgIpc) is 2.97. The molecule has 136 valence electrons. The van der Waals surface area contributed by atoms with Gasteiger partial charge in [0.25, 0.3) is 10.1 Å². The summed E-state index contributed by atoms with van der Waals surface area (Å²) in [4.78, 5) is 3.82. The number of aryl methyl sites for hydroxylation is 2. The maximum absolute atomic E-state index is 11.4. The first kappa shape index (κ1) is 18.1. The van der Waals surface area contributed by atoms with Crippen LogP contribution in [0.5, 0.6) is 5.75 Å². The summed E-state index contributed by atoms with van der Waals surface area (Å²) in [6.45, 7) is 4.76. The standard InChI is InChI=1S/C18H18N2O5S/c1-3-8-20-9-6-13(7-10-20)18-19-12(2)17(25-18)14-4-5-15(21)16(11-14)26(22,23)24/h4-7,9-11H,3,8H2,1-2H3,(H,22,23,24)/p+1. The van der Waals surface area contributed by atoms with E-state index >= 15 is 0 Å². The lowest BCUT2D eigenvalue weighted by molar-refractivity contribution is -0.696.